The van der Waals surface area contributed by atoms with Crippen LogP contribution in [0.3, 0.4) is 0 Å². The Morgan fingerprint density at radius 3 is 1.39 bits per heavy atom. The maximum Gasteiger partial charge on any atom is 0.115 e. The SMILES string of the molecule is CCCCCCCCC(CCCCCC)Cc1cc(-c2cc(Cl)c(-c3cc(CC(CCCCCC)CCCCCCCC)c(Br)s3)c3nsnc23)sc1Br. The van der Waals surface area contributed by atoms with Crippen LogP contribution < -0.4 is 0 Å². The Bertz CT molecular complexity index is 1610. The molecule has 4 aromatic rings. The summed E-state index contributed by atoms with van der Waals surface area (Å²) in [6.07, 6.45) is 34.8. The van der Waals surface area contributed by atoms with Crippen molar-refractivity contribution < 1.29 is 0 Å². The fraction of sp³-hybridized carbons (Fsp3) is 0.696. The molecule has 2 unspecified atom stereocenters. The van der Waals surface area contributed by atoms with E-state index in [-0.39, 0.29) is 0 Å². The van der Waals surface area contributed by atoms with Crippen molar-refractivity contribution in [2.24, 2.45) is 11.8 Å². The third kappa shape index (κ3) is 15.1. The molecule has 0 aliphatic heterocycles. The minimum absolute atomic E-state index is 0.735. The first-order chi connectivity index (χ1) is 26.4. The molecule has 4 rings (SSSR count). The van der Waals surface area contributed by atoms with Crippen LogP contribution in [-0.2, 0) is 12.8 Å². The molecule has 0 saturated heterocycles. The van der Waals surface area contributed by atoms with Crippen molar-refractivity contribution in [2.75, 3.05) is 0 Å². The Balaban J connectivity index is 1.51. The molecule has 2 atom stereocenters. The number of fused-ring (bicyclic) bond motifs is 1. The zero-order valence-electron chi connectivity index (χ0n) is 34.0. The van der Waals surface area contributed by atoms with Gasteiger partial charge in [0.15, 0.2) is 0 Å². The van der Waals surface area contributed by atoms with Gasteiger partial charge in [0.05, 0.1) is 24.3 Å². The summed E-state index contributed by atoms with van der Waals surface area (Å²) in [6, 6.07) is 6.99. The molecule has 0 spiro atoms. The highest BCUT2D eigenvalue weighted by atomic mass is 79.9. The molecule has 0 bridgehead atoms. The number of aromatic nitrogens is 2. The van der Waals surface area contributed by atoms with E-state index in [1.807, 2.05) is 22.7 Å². The topological polar surface area (TPSA) is 25.8 Å². The molecule has 0 radical (unpaired) electrons. The maximum atomic E-state index is 7.27. The second-order valence-electron chi connectivity index (χ2n) is 16.0. The van der Waals surface area contributed by atoms with Gasteiger partial charge in [-0.2, -0.15) is 8.75 Å². The van der Waals surface area contributed by atoms with E-state index in [0.717, 1.165) is 51.9 Å². The number of unbranched alkanes of at least 4 members (excludes halogenated alkanes) is 16. The van der Waals surface area contributed by atoms with Crippen LogP contribution in [0.25, 0.3) is 31.9 Å². The van der Waals surface area contributed by atoms with Gasteiger partial charge in [-0.05, 0) is 85.9 Å². The van der Waals surface area contributed by atoms with E-state index in [1.54, 1.807) is 0 Å². The van der Waals surface area contributed by atoms with Gasteiger partial charge in [-0.3, -0.25) is 0 Å². The summed E-state index contributed by atoms with van der Waals surface area (Å²) in [5.74, 6) is 1.48. The van der Waals surface area contributed by atoms with Gasteiger partial charge in [-0.15, -0.1) is 22.7 Å². The third-order valence-corrected chi connectivity index (χ3v) is 16.2. The number of benzene rings is 1. The molecule has 0 aliphatic carbocycles. The van der Waals surface area contributed by atoms with E-state index in [9.17, 15) is 0 Å². The van der Waals surface area contributed by atoms with Gasteiger partial charge < -0.3 is 0 Å². The van der Waals surface area contributed by atoms with Crippen molar-refractivity contribution >= 4 is 88.9 Å². The first-order valence-corrected chi connectivity index (χ1v) is 26.2. The molecule has 3 aromatic heterocycles. The van der Waals surface area contributed by atoms with Crippen LogP contribution in [0, 0.1) is 11.8 Å². The molecule has 0 saturated carbocycles. The van der Waals surface area contributed by atoms with Crippen molar-refractivity contribution in [3.05, 3.63) is 41.9 Å². The van der Waals surface area contributed by atoms with Crippen LogP contribution in [-0.4, -0.2) is 8.75 Å². The Morgan fingerprint density at radius 2 is 0.907 bits per heavy atom. The summed E-state index contributed by atoms with van der Waals surface area (Å²) < 4.78 is 12.3. The van der Waals surface area contributed by atoms with Gasteiger partial charge >= 0.3 is 0 Å². The number of nitrogens with zero attached hydrogens (tertiary/aromatic N) is 2. The minimum atomic E-state index is 0.735. The lowest BCUT2D eigenvalue weighted by Gasteiger charge is -2.17. The Morgan fingerprint density at radius 1 is 0.519 bits per heavy atom. The molecule has 3 heterocycles. The molecule has 0 aliphatic rings. The lowest BCUT2D eigenvalue weighted by atomic mass is 9.89. The molecule has 54 heavy (non-hydrogen) atoms. The van der Waals surface area contributed by atoms with E-state index >= 15 is 0 Å². The van der Waals surface area contributed by atoms with Crippen molar-refractivity contribution in [1.82, 2.24) is 8.75 Å². The zero-order valence-corrected chi connectivity index (χ0v) is 40.4. The number of hydrogen-bond donors (Lipinski definition) is 0. The van der Waals surface area contributed by atoms with Crippen LogP contribution >= 0.6 is 77.9 Å². The van der Waals surface area contributed by atoms with Gasteiger partial charge in [0.1, 0.15) is 11.0 Å². The van der Waals surface area contributed by atoms with Crippen molar-refractivity contribution in [1.29, 1.82) is 0 Å². The standard InChI is InChI=1S/C46H69Br2ClN2S3/c1-5-9-13-17-19-23-27-34(25-21-15-11-7-3)29-36-31-40(52-45(36)47)38-33-39(49)42(44-43(38)50-54-51-44)41-32-37(46(48)53-41)30-35(26-22-16-12-8-4)28-24-20-18-14-10-6-2/h31-35H,5-30H2,1-4H3. The Kier molecular flexibility index (Phi) is 22.9. The number of rotatable bonds is 30. The molecule has 0 amide bonds. The second kappa shape index (κ2) is 26.6. The lowest BCUT2D eigenvalue weighted by Crippen LogP contribution is -2.05. The van der Waals surface area contributed by atoms with E-state index in [4.69, 9.17) is 20.3 Å². The normalized spacial score (nSPS) is 13.0. The molecule has 0 N–H and O–H groups in total. The number of halogens is 3. The summed E-state index contributed by atoms with van der Waals surface area (Å²) in [5, 5.41) is 0.775. The first kappa shape index (κ1) is 46.4. The van der Waals surface area contributed by atoms with Gasteiger partial charge in [-0.25, -0.2) is 0 Å². The summed E-state index contributed by atoms with van der Waals surface area (Å²) in [6.45, 7) is 9.23. The van der Waals surface area contributed by atoms with Crippen LogP contribution in [0.1, 0.15) is 193 Å². The summed E-state index contributed by atoms with van der Waals surface area (Å²) >= 11 is 20.2. The van der Waals surface area contributed by atoms with Crippen molar-refractivity contribution in [3.63, 3.8) is 0 Å². The molecular weight excluding hydrogens is 872 g/mol. The van der Waals surface area contributed by atoms with Crippen LogP contribution in [0.5, 0.6) is 0 Å². The van der Waals surface area contributed by atoms with E-state index < -0.39 is 0 Å². The van der Waals surface area contributed by atoms with E-state index in [0.29, 0.717) is 0 Å². The predicted molar refractivity (Wildman–Crippen MR) is 252 cm³/mol. The van der Waals surface area contributed by atoms with Gasteiger partial charge in [0.2, 0.25) is 0 Å². The summed E-state index contributed by atoms with van der Waals surface area (Å²) in [5.41, 5.74) is 6.94. The second-order valence-corrected chi connectivity index (χ2v) is 21.7. The average molecular weight is 942 g/mol. The molecular formula is C46H69Br2ClN2S3. The minimum Gasteiger partial charge on any atom is -0.172 e. The van der Waals surface area contributed by atoms with Crippen LogP contribution in [0.2, 0.25) is 5.02 Å². The smallest absolute Gasteiger partial charge is 0.115 e. The van der Waals surface area contributed by atoms with Gasteiger partial charge in [0.25, 0.3) is 0 Å². The van der Waals surface area contributed by atoms with E-state index in [2.05, 4.69) is 77.8 Å². The van der Waals surface area contributed by atoms with Crippen molar-refractivity contribution in [2.45, 2.75) is 195 Å². The molecule has 1 aromatic carbocycles. The first-order valence-electron chi connectivity index (χ1n) is 21.9. The van der Waals surface area contributed by atoms with Gasteiger partial charge in [0, 0.05) is 20.9 Å². The average Bonchev–Trinajstić information content (AvgIpc) is 3.89. The highest BCUT2D eigenvalue weighted by Gasteiger charge is 2.23. The number of hydrogen-bond acceptors (Lipinski definition) is 5. The molecule has 2 nitrogen and oxygen atoms in total. The molecule has 8 heteroatoms. The number of thiophene rings is 2. The summed E-state index contributed by atoms with van der Waals surface area (Å²) in [4.78, 5) is 2.44. The third-order valence-electron chi connectivity index (χ3n) is 11.4. The predicted octanol–water partition coefficient (Wildman–Crippen LogP) is 19.1. The fourth-order valence-corrected chi connectivity index (χ4v) is 12.6. The zero-order chi connectivity index (χ0) is 38.5. The quantitative estimate of drug-likeness (QED) is 0.0487. The maximum absolute atomic E-state index is 7.27. The van der Waals surface area contributed by atoms with Crippen LogP contribution in [0.15, 0.2) is 25.8 Å². The van der Waals surface area contributed by atoms with Crippen LogP contribution in [0.4, 0.5) is 0 Å². The van der Waals surface area contributed by atoms with Crippen molar-refractivity contribution in [3.8, 4) is 20.9 Å². The van der Waals surface area contributed by atoms with Gasteiger partial charge in [-0.1, -0.05) is 193 Å². The van der Waals surface area contributed by atoms with E-state index in [1.165, 1.54) is 194 Å². The summed E-state index contributed by atoms with van der Waals surface area (Å²) in [7, 11) is 0. The highest BCUT2D eigenvalue weighted by Crippen LogP contribution is 2.47. The fourth-order valence-electron chi connectivity index (χ4n) is 8.14. The molecule has 0 fully saturated rings. The molecule has 302 valence electrons. The Hall–Kier alpha value is -0.310. The largest absolute Gasteiger partial charge is 0.172 e. The Labute approximate surface area is 364 Å². The highest BCUT2D eigenvalue weighted by molar-refractivity contribution is 9.11. The lowest BCUT2D eigenvalue weighted by molar-refractivity contribution is 0.402. The monoisotopic (exact) mass is 938 g/mol.